The lowest BCUT2D eigenvalue weighted by molar-refractivity contribution is -0.137. The number of nitrogens with one attached hydrogen (secondary N) is 1. The fourth-order valence-electron chi connectivity index (χ4n) is 3.24. The lowest BCUT2D eigenvalue weighted by Gasteiger charge is -2.09. The van der Waals surface area contributed by atoms with Gasteiger partial charge in [-0.1, -0.05) is 18.2 Å². The molecule has 0 fully saturated rings. The fourth-order valence-corrected chi connectivity index (χ4v) is 3.24. The van der Waals surface area contributed by atoms with Crippen LogP contribution in [0.4, 0.5) is 23.2 Å². The predicted molar refractivity (Wildman–Crippen MR) is 107 cm³/mol. The van der Waals surface area contributed by atoms with Crippen LogP contribution in [0.5, 0.6) is 0 Å². The number of rotatable bonds is 4. The summed E-state index contributed by atoms with van der Waals surface area (Å²) < 4.78 is 53.0. The van der Waals surface area contributed by atoms with Gasteiger partial charge in [0.05, 0.1) is 5.56 Å². The molecule has 0 aliphatic carbocycles. The summed E-state index contributed by atoms with van der Waals surface area (Å²) >= 11 is 0. The lowest BCUT2D eigenvalue weighted by Crippen LogP contribution is -2.24. The van der Waals surface area contributed by atoms with Crippen molar-refractivity contribution in [3.63, 3.8) is 0 Å². The Morgan fingerprint density at radius 3 is 2.19 bits per heavy atom. The van der Waals surface area contributed by atoms with Gasteiger partial charge in [-0.15, -0.1) is 0 Å². The van der Waals surface area contributed by atoms with Crippen LogP contribution in [0, 0.1) is 5.82 Å². The van der Waals surface area contributed by atoms with Crippen molar-refractivity contribution in [2.75, 3.05) is 5.32 Å². The molecule has 31 heavy (non-hydrogen) atoms. The van der Waals surface area contributed by atoms with Gasteiger partial charge in [-0.25, -0.2) is 4.39 Å². The molecule has 8 heteroatoms. The Hall–Kier alpha value is -3.94. The van der Waals surface area contributed by atoms with E-state index >= 15 is 0 Å². The summed E-state index contributed by atoms with van der Waals surface area (Å²) in [5.74, 6) is -2.34. The number of nitrogens with zero attached hydrogens (tertiary/aromatic N) is 1. The topological polar surface area (TPSA) is 50.6 Å². The maximum atomic E-state index is 13.3. The van der Waals surface area contributed by atoms with Crippen molar-refractivity contribution in [2.45, 2.75) is 6.18 Å². The fraction of sp³-hybridized carbons (Fsp3) is 0.0435. The first-order valence-electron chi connectivity index (χ1n) is 9.13. The van der Waals surface area contributed by atoms with Crippen molar-refractivity contribution < 1.29 is 27.2 Å². The van der Waals surface area contributed by atoms with E-state index in [0.29, 0.717) is 16.6 Å². The Morgan fingerprint density at radius 1 is 0.871 bits per heavy atom. The number of hydrogen-bond acceptors (Lipinski definition) is 2. The number of carbonyl (C=O) groups is 2. The number of halogens is 4. The van der Waals surface area contributed by atoms with Gasteiger partial charge < -0.3 is 9.72 Å². The van der Waals surface area contributed by atoms with Gasteiger partial charge in [-0.2, -0.15) is 13.2 Å². The van der Waals surface area contributed by atoms with Gasteiger partial charge in [0, 0.05) is 23.0 Å². The highest BCUT2D eigenvalue weighted by atomic mass is 19.4. The molecule has 0 saturated heterocycles. The Morgan fingerprint density at radius 2 is 1.55 bits per heavy atom. The number of anilines is 1. The monoisotopic (exact) mass is 426 g/mol. The molecule has 0 spiro atoms. The third-order valence-corrected chi connectivity index (χ3v) is 4.73. The van der Waals surface area contributed by atoms with Crippen LogP contribution < -0.4 is 5.32 Å². The van der Waals surface area contributed by atoms with E-state index in [2.05, 4.69) is 5.32 Å². The maximum absolute atomic E-state index is 13.3. The van der Waals surface area contributed by atoms with Crippen LogP contribution in [0.15, 0.2) is 79.0 Å². The van der Waals surface area contributed by atoms with Gasteiger partial charge >= 0.3 is 6.18 Å². The predicted octanol–water partition coefficient (Wildman–Crippen LogP) is 5.59. The molecule has 0 radical (unpaired) electrons. The molecule has 0 bridgehead atoms. The molecule has 0 aliphatic rings. The Kier molecular flexibility index (Phi) is 5.06. The molecule has 0 saturated carbocycles. The quantitative estimate of drug-likeness (QED) is 0.263. The van der Waals surface area contributed by atoms with Gasteiger partial charge in [0.25, 0.3) is 11.7 Å². The summed E-state index contributed by atoms with van der Waals surface area (Å²) in [6, 6.07) is 16.2. The zero-order valence-corrected chi connectivity index (χ0v) is 15.8. The smallest absolute Gasteiger partial charge is 0.319 e. The summed E-state index contributed by atoms with van der Waals surface area (Å²) in [5, 5.41) is 2.33. The van der Waals surface area contributed by atoms with Crippen molar-refractivity contribution in [3.05, 3.63) is 96.1 Å². The molecule has 0 atom stereocenters. The average Bonchev–Trinajstić information content (AvgIpc) is 3.13. The lowest BCUT2D eigenvalue weighted by atomic mass is 10.0. The van der Waals surface area contributed by atoms with E-state index < -0.39 is 29.2 Å². The third-order valence-electron chi connectivity index (χ3n) is 4.73. The SMILES string of the molecule is O=C(Nc1ccc(C(F)(F)F)cc1)C(=O)c1c(-c2ccc(F)cc2)cc2ccccn12. The summed E-state index contributed by atoms with van der Waals surface area (Å²) in [4.78, 5) is 25.6. The number of carbonyl (C=O) groups excluding carboxylic acids is 2. The molecule has 4 aromatic rings. The van der Waals surface area contributed by atoms with Gasteiger partial charge in [0.1, 0.15) is 11.5 Å². The standard InChI is InChI=1S/C23H14F4N2O2/c24-16-8-4-14(5-9-16)19-13-18-3-1-2-12-29(18)20(19)21(30)22(31)28-17-10-6-15(7-11-17)23(25,26)27/h1-13H,(H,28,31). The molecule has 4 rings (SSSR count). The van der Waals surface area contributed by atoms with Crippen LogP contribution in [0.3, 0.4) is 0 Å². The second-order valence-electron chi connectivity index (χ2n) is 6.77. The van der Waals surface area contributed by atoms with Gasteiger partial charge in [-0.3, -0.25) is 9.59 Å². The van der Waals surface area contributed by atoms with Gasteiger partial charge in [0.2, 0.25) is 0 Å². The van der Waals surface area contributed by atoms with Crippen LogP contribution in [-0.2, 0) is 11.0 Å². The van der Waals surface area contributed by atoms with Crippen molar-refractivity contribution in [1.29, 1.82) is 0 Å². The molecule has 4 nitrogen and oxygen atoms in total. The van der Waals surface area contributed by atoms with E-state index in [9.17, 15) is 27.2 Å². The van der Waals surface area contributed by atoms with E-state index in [4.69, 9.17) is 0 Å². The molecule has 2 aromatic carbocycles. The molecule has 0 aliphatic heterocycles. The Balaban J connectivity index is 1.69. The average molecular weight is 426 g/mol. The molecule has 1 N–H and O–H groups in total. The molecular weight excluding hydrogens is 412 g/mol. The number of fused-ring (bicyclic) bond motifs is 1. The molecule has 1 amide bonds. The van der Waals surface area contributed by atoms with E-state index in [1.807, 2.05) is 0 Å². The third kappa shape index (κ3) is 4.05. The van der Waals surface area contributed by atoms with E-state index in [0.717, 1.165) is 24.3 Å². The Bertz CT molecular complexity index is 1270. The zero-order valence-electron chi connectivity index (χ0n) is 15.8. The second-order valence-corrected chi connectivity index (χ2v) is 6.77. The molecule has 2 heterocycles. The molecule has 156 valence electrons. The highest BCUT2D eigenvalue weighted by Gasteiger charge is 2.30. The second kappa shape index (κ2) is 7.71. The molecule has 2 aromatic heterocycles. The number of benzene rings is 2. The van der Waals surface area contributed by atoms with Crippen molar-refractivity contribution in [3.8, 4) is 11.1 Å². The summed E-state index contributed by atoms with van der Waals surface area (Å²) in [7, 11) is 0. The van der Waals surface area contributed by atoms with Gasteiger partial charge in [0.15, 0.2) is 0 Å². The zero-order chi connectivity index (χ0) is 22.2. The normalized spacial score (nSPS) is 11.5. The van der Waals surface area contributed by atoms with Crippen molar-refractivity contribution in [2.24, 2.45) is 0 Å². The van der Waals surface area contributed by atoms with Crippen LogP contribution in [0.25, 0.3) is 16.6 Å². The van der Waals surface area contributed by atoms with Gasteiger partial charge in [-0.05, 0) is 60.2 Å². The first-order chi connectivity index (χ1) is 14.7. The first kappa shape index (κ1) is 20.3. The summed E-state index contributed by atoms with van der Waals surface area (Å²) in [6.07, 6.45) is -2.89. The molecular formula is C23H14F4N2O2. The minimum atomic E-state index is -4.51. The number of Topliss-reactive ketones (excluding diaryl/α,β-unsaturated/α-hetero) is 1. The number of alkyl halides is 3. The largest absolute Gasteiger partial charge is 0.416 e. The van der Waals surface area contributed by atoms with Crippen LogP contribution >= 0.6 is 0 Å². The van der Waals surface area contributed by atoms with Crippen LogP contribution in [0.2, 0.25) is 0 Å². The number of hydrogen-bond donors (Lipinski definition) is 1. The summed E-state index contributed by atoms with van der Waals surface area (Å²) in [5.41, 5.74) is 0.859. The summed E-state index contributed by atoms with van der Waals surface area (Å²) in [6.45, 7) is 0. The Labute approximate surface area is 173 Å². The highest BCUT2D eigenvalue weighted by Crippen LogP contribution is 2.31. The van der Waals surface area contributed by atoms with Crippen molar-refractivity contribution in [1.82, 2.24) is 4.40 Å². The number of amides is 1. The maximum Gasteiger partial charge on any atom is 0.416 e. The first-order valence-corrected chi connectivity index (χ1v) is 9.13. The number of aromatic nitrogens is 1. The molecule has 0 unspecified atom stereocenters. The minimum absolute atomic E-state index is 0.0514. The van der Waals surface area contributed by atoms with Crippen LogP contribution in [-0.4, -0.2) is 16.1 Å². The van der Waals surface area contributed by atoms with E-state index in [1.165, 1.54) is 28.7 Å². The van der Waals surface area contributed by atoms with Crippen LogP contribution in [0.1, 0.15) is 16.1 Å². The number of pyridine rings is 1. The van der Waals surface area contributed by atoms with E-state index in [1.54, 1.807) is 30.5 Å². The van der Waals surface area contributed by atoms with Crippen molar-refractivity contribution >= 4 is 22.9 Å². The highest BCUT2D eigenvalue weighted by molar-refractivity contribution is 6.47. The van der Waals surface area contributed by atoms with E-state index in [-0.39, 0.29) is 11.4 Å². The number of ketones is 1. The minimum Gasteiger partial charge on any atom is -0.319 e.